The molecule has 186 valence electrons. The maximum absolute atomic E-state index is 13.5. The molecule has 3 aromatic heterocycles. The number of benzene rings is 4. The lowest BCUT2D eigenvalue weighted by Crippen LogP contribution is -2.38. The van der Waals surface area contributed by atoms with Gasteiger partial charge in [0.2, 0.25) is 0 Å². The molecule has 5 heteroatoms. The Balaban J connectivity index is 1.47. The number of hydrogen-bond acceptors (Lipinski definition) is 4. The Morgan fingerprint density at radius 2 is 1.39 bits per heavy atom. The summed E-state index contributed by atoms with van der Waals surface area (Å²) < 4.78 is 4.83. The highest BCUT2D eigenvalue weighted by Crippen LogP contribution is 2.44. The number of aromatic nitrogens is 1. The first-order valence-corrected chi connectivity index (χ1v) is 14.5. The zero-order chi connectivity index (χ0) is 26.3. The van der Waals surface area contributed by atoms with Gasteiger partial charge < -0.3 is 4.57 Å². The van der Waals surface area contributed by atoms with Gasteiger partial charge in [-0.05, 0) is 68.0 Å². The average molecular weight is 532 g/mol. The van der Waals surface area contributed by atoms with Crippen molar-refractivity contribution in [3.05, 3.63) is 108 Å². The molecule has 38 heavy (non-hydrogen) atoms. The normalized spacial score (nSPS) is 12.0. The van der Waals surface area contributed by atoms with E-state index < -0.39 is 0 Å². The molecule has 0 saturated heterocycles. The summed E-state index contributed by atoms with van der Waals surface area (Å²) in [5.41, 5.74) is 7.23. The molecule has 0 N–H and O–H groups in total. The predicted octanol–water partition coefficient (Wildman–Crippen LogP) is 7.54. The van der Waals surface area contributed by atoms with Crippen LogP contribution in [0, 0.1) is 20.8 Å². The first kappa shape index (κ1) is 23.3. The van der Waals surface area contributed by atoms with Crippen LogP contribution in [0.5, 0.6) is 0 Å². The number of nitrogens with zero attached hydrogens (tertiary/aromatic N) is 1. The third-order valence-electron chi connectivity index (χ3n) is 7.64. The van der Waals surface area contributed by atoms with Crippen LogP contribution in [0.1, 0.15) is 28.5 Å². The van der Waals surface area contributed by atoms with E-state index in [2.05, 4.69) is 56.5 Å². The largest absolute Gasteiger partial charge is 0.339 e. The van der Waals surface area contributed by atoms with Crippen molar-refractivity contribution in [1.82, 2.24) is 4.57 Å². The predicted molar refractivity (Wildman–Crippen MR) is 164 cm³/mol. The average Bonchev–Trinajstić information content (AvgIpc) is 3.55. The summed E-state index contributed by atoms with van der Waals surface area (Å²) in [4.78, 5) is 29.1. The number of fused-ring (bicyclic) bond motifs is 3. The number of thiophene rings is 2. The SMILES string of the molecule is CCn1c2cc(C=c3c(=O)c4cccc5cccc(c3=O)c54)sc2c2sc(-c3c(C)cc(C)cc3C)cc21. The lowest BCUT2D eigenvalue weighted by Gasteiger charge is -2.09. The molecule has 0 aliphatic carbocycles. The highest BCUT2D eigenvalue weighted by atomic mass is 32.1. The monoisotopic (exact) mass is 531 g/mol. The summed E-state index contributed by atoms with van der Waals surface area (Å²) in [6.07, 6.45) is 1.80. The van der Waals surface area contributed by atoms with Crippen LogP contribution in [-0.4, -0.2) is 4.57 Å². The van der Waals surface area contributed by atoms with E-state index in [1.807, 2.05) is 47.7 Å². The van der Waals surface area contributed by atoms with E-state index in [1.54, 1.807) is 17.4 Å². The van der Waals surface area contributed by atoms with Crippen molar-refractivity contribution in [2.75, 3.05) is 0 Å². The Labute approximate surface area is 227 Å². The summed E-state index contributed by atoms with van der Waals surface area (Å²) in [7, 11) is 0. The van der Waals surface area contributed by atoms with Gasteiger partial charge in [0.05, 0.1) is 25.7 Å². The Hall–Kier alpha value is -3.80. The van der Waals surface area contributed by atoms with Gasteiger partial charge >= 0.3 is 0 Å². The van der Waals surface area contributed by atoms with E-state index >= 15 is 0 Å². The molecule has 0 aliphatic heterocycles. The molecular formula is C33H25NO2S2. The second-order valence-electron chi connectivity index (χ2n) is 10.1. The Bertz CT molecular complexity index is 2160. The summed E-state index contributed by atoms with van der Waals surface area (Å²) >= 11 is 3.50. The van der Waals surface area contributed by atoms with Crippen LogP contribution in [0.4, 0.5) is 0 Å². The summed E-state index contributed by atoms with van der Waals surface area (Å²) in [5.74, 6) is 0. The van der Waals surface area contributed by atoms with Crippen LogP contribution in [0.15, 0.2) is 70.3 Å². The number of rotatable bonds is 3. The maximum atomic E-state index is 13.5. The first-order chi connectivity index (χ1) is 18.4. The van der Waals surface area contributed by atoms with Gasteiger partial charge in [0.1, 0.15) is 0 Å². The van der Waals surface area contributed by atoms with Gasteiger partial charge in [-0.25, -0.2) is 0 Å². The second-order valence-corrected chi connectivity index (χ2v) is 12.3. The van der Waals surface area contributed by atoms with Crippen LogP contribution in [0.25, 0.3) is 58.5 Å². The van der Waals surface area contributed by atoms with Crippen LogP contribution in [0.3, 0.4) is 0 Å². The van der Waals surface area contributed by atoms with Crippen molar-refractivity contribution in [2.45, 2.75) is 34.2 Å². The molecule has 0 spiro atoms. The van der Waals surface area contributed by atoms with Crippen molar-refractivity contribution in [3.63, 3.8) is 0 Å². The highest BCUT2D eigenvalue weighted by molar-refractivity contribution is 7.29. The molecule has 0 unspecified atom stereocenters. The van der Waals surface area contributed by atoms with Gasteiger partial charge in [0.25, 0.3) is 0 Å². The second kappa shape index (κ2) is 8.35. The number of hydrogen-bond donors (Lipinski definition) is 0. The molecule has 0 bridgehead atoms. The van der Waals surface area contributed by atoms with Gasteiger partial charge in [0, 0.05) is 32.5 Å². The minimum atomic E-state index is -0.190. The Morgan fingerprint density at radius 3 is 2.03 bits per heavy atom. The maximum Gasteiger partial charge on any atom is 0.197 e. The molecule has 0 atom stereocenters. The molecule has 0 aliphatic rings. The fourth-order valence-electron chi connectivity index (χ4n) is 6.13. The van der Waals surface area contributed by atoms with E-state index in [0.29, 0.717) is 10.8 Å². The van der Waals surface area contributed by atoms with Gasteiger partial charge in [0.15, 0.2) is 10.9 Å². The molecule has 0 amide bonds. The van der Waals surface area contributed by atoms with Crippen molar-refractivity contribution < 1.29 is 0 Å². The van der Waals surface area contributed by atoms with Crippen molar-refractivity contribution in [1.29, 1.82) is 0 Å². The van der Waals surface area contributed by atoms with E-state index in [4.69, 9.17) is 0 Å². The summed E-state index contributed by atoms with van der Waals surface area (Å²) in [6.45, 7) is 9.54. The van der Waals surface area contributed by atoms with E-state index in [9.17, 15) is 9.59 Å². The third-order valence-corrected chi connectivity index (χ3v) is 10.0. The van der Waals surface area contributed by atoms with Gasteiger partial charge in [-0.15, -0.1) is 22.7 Å². The Kier molecular flexibility index (Phi) is 5.13. The third kappa shape index (κ3) is 3.25. The molecule has 0 saturated carbocycles. The van der Waals surface area contributed by atoms with Crippen LogP contribution in [0.2, 0.25) is 0 Å². The Morgan fingerprint density at radius 1 is 0.789 bits per heavy atom. The molecule has 0 radical (unpaired) electrons. The molecule has 4 aromatic carbocycles. The fourth-order valence-corrected chi connectivity index (χ4v) is 8.72. The fraction of sp³-hybridized carbons (Fsp3) is 0.152. The van der Waals surface area contributed by atoms with Gasteiger partial charge in [-0.2, -0.15) is 0 Å². The number of aryl methyl sites for hydroxylation is 4. The lowest BCUT2D eigenvalue weighted by molar-refractivity contribution is 0.828. The lowest BCUT2D eigenvalue weighted by atomic mass is 9.99. The van der Waals surface area contributed by atoms with E-state index in [1.165, 1.54) is 42.0 Å². The van der Waals surface area contributed by atoms with Gasteiger partial charge in [-0.3, -0.25) is 9.59 Å². The molecule has 3 heterocycles. The van der Waals surface area contributed by atoms with Gasteiger partial charge in [-0.1, -0.05) is 54.1 Å². The van der Waals surface area contributed by atoms with Crippen molar-refractivity contribution in [2.24, 2.45) is 0 Å². The minimum Gasteiger partial charge on any atom is -0.339 e. The van der Waals surface area contributed by atoms with Crippen LogP contribution in [-0.2, 0) is 6.54 Å². The zero-order valence-corrected chi connectivity index (χ0v) is 23.3. The molecule has 0 fully saturated rings. The molecule has 7 aromatic rings. The molecular weight excluding hydrogens is 507 g/mol. The van der Waals surface area contributed by atoms with E-state index in [-0.39, 0.29) is 16.1 Å². The first-order valence-electron chi connectivity index (χ1n) is 12.8. The van der Waals surface area contributed by atoms with Crippen LogP contribution >= 0.6 is 22.7 Å². The minimum absolute atomic E-state index is 0.190. The van der Waals surface area contributed by atoms with Crippen molar-refractivity contribution in [3.8, 4) is 10.4 Å². The quantitative estimate of drug-likeness (QED) is 0.236. The standard InChI is InChI=1S/C33H25NO2S2/c1-5-34-25-15-21(14-24-30(35)22-10-6-8-20-9-7-11-23(29(20)22)31(24)36)37-32(25)33-26(34)16-27(38-33)28-18(3)12-17(2)13-19(28)4/h6-16H,5H2,1-4H3. The van der Waals surface area contributed by atoms with Crippen LogP contribution < -0.4 is 16.1 Å². The smallest absolute Gasteiger partial charge is 0.197 e. The summed E-state index contributed by atoms with van der Waals surface area (Å²) in [6, 6.07) is 20.3. The summed E-state index contributed by atoms with van der Waals surface area (Å²) in [5, 5.41) is 3.16. The highest BCUT2D eigenvalue weighted by Gasteiger charge is 2.19. The van der Waals surface area contributed by atoms with Crippen molar-refractivity contribution >= 4 is 70.7 Å². The zero-order valence-electron chi connectivity index (χ0n) is 21.6. The molecule has 7 rings (SSSR count). The topological polar surface area (TPSA) is 39.1 Å². The molecule has 3 nitrogen and oxygen atoms in total. The van der Waals surface area contributed by atoms with E-state index in [0.717, 1.165) is 27.7 Å².